The van der Waals surface area contributed by atoms with Gasteiger partial charge in [-0.15, -0.1) is 0 Å². The van der Waals surface area contributed by atoms with Crippen molar-refractivity contribution in [2.75, 3.05) is 32.5 Å². The largest absolute Gasteiger partial charge is 0.384 e. The summed E-state index contributed by atoms with van der Waals surface area (Å²) >= 11 is 0. The summed E-state index contributed by atoms with van der Waals surface area (Å²) in [5.41, 5.74) is 0.908. The number of rotatable bonds is 6. The SMILES string of the molecule is CNCCNc1ccc(S(=O)(=O)NC)cc1. The van der Waals surface area contributed by atoms with Gasteiger partial charge in [-0.2, -0.15) is 0 Å². The second-order valence-corrected chi connectivity index (χ2v) is 5.15. The predicted molar refractivity (Wildman–Crippen MR) is 65.1 cm³/mol. The van der Waals surface area contributed by atoms with E-state index in [1.807, 2.05) is 7.05 Å². The Balaban J connectivity index is 2.68. The molecule has 0 spiro atoms. The lowest BCUT2D eigenvalue weighted by Gasteiger charge is -2.07. The Morgan fingerprint density at radius 3 is 2.19 bits per heavy atom. The Labute approximate surface area is 96.3 Å². The highest BCUT2D eigenvalue weighted by Crippen LogP contribution is 2.13. The van der Waals surface area contributed by atoms with Crippen LogP contribution in [0.5, 0.6) is 0 Å². The summed E-state index contributed by atoms with van der Waals surface area (Å²) in [7, 11) is -0.0538. The molecule has 16 heavy (non-hydrogen) atoms. The summed E-state index contributed by atoms with van der Waals surface area (Å²) in [6.45, 7) is 1.66. The number of likely N-dealkylation sites (N-methyl/N-ethyl adjacent to an activating group) is 1. The predicted octanol–water partition coefficient (Wildman–Crippen LogP) is 0.226. The molecule has 1 aromatic rings. The van der Waals surface area contributed by atoms with Gasteiger partial charge in [0.1, 0.15) is 0 Å². The lowest BCUT2D eigenvalue weighted by molar-refractivity contribution is 0.588. The first-order valence-electron chi connectivity index (χ1n) is 5.02. The molecule has 0 unspecified atom stereocenters. The number of nitrogens with one attached hydrogen (secondary N) is 3. The maximum atomic E-state index is 11.4. The first-order valence-corrected chi connectivity index (χ1v) is 6.50. The van der Waals surface area contributed by atoms with Crippen LogP contribution in [0.25, 0.3) is 0 Å². The monoisotopic (exact) mass is 243 g/mol. The van der Waals surface area contributed by atoms with Gasteiger partial charge >= 0.3 is 0 Å². The summed E-state index contributed by atoms with van der Waals surface area (Å²) in [6.07, 6.45) is 0. The van der Waals surface area contributed by atoms with Gasteiger partial charge in [0.15, 0.2) is 0 Å². The van der Waals surface area contributed by atoms with Crippen LogP contribution in [0.2, 0.25) is 0 Å². The molecule has 0 aliphatic carbocycles. The van der Waals surface area contributed by atoms with Gasteiger partial charge in [0.25, 0.3) is 0 Å². The first-order chi connectivity index (χ1) is 7.60. The van der Waals surface area contributed by atoms with Crippen LogP contribution in [0.15, 0.2) is 29.2 Å². The van der Waals surface area contributed by atoms with Gasteiger partial charge in [0.2, 0.25) is 10.0 Å². The Kier molecular flexibility index (Phi) is 4.72. The number of sulfonamides is 1. The Bertz CT molecular complexity index is 414. The fourth-order valence-corrected chi connectivity index (χ4v) is 1.93. The normalized spacial score (nSPS) is 11.4. The van der Waals surface area contributed by atoms with E-state index in [1.54, 1.807) is 24.3 Å². The van der Waals surface area contributed by atoms with Crippen LogP contribution in [0, 0.1) is 0 Å². The standard InChI is InChI=1S/C10H17N3O2S/c1-11-7-8-13-9-3-5-10(6-4-9)16(14,15)12-2/h3-6,11-13H,7-8H2,1-2H3. The molecule has 0 saturated heterocycles. The van der Waals surface area contributed by atoms with E-state index in [0.717, 1.165) is 18.8 Å². The molecule has 6 heteroatoms. The van der Waals surface area contributed by atoms with E-state index in [9.17, 15) is 8.42 Å². The van der Waals surface area contributed by atoms with Gasteiger partial charge in [-0.3, -0.25) is 0 Å². The fourth-order valence-electron chi connectivity index (χ4n) is 1.20. The van der Waals surface area contributed by atoms with Crippen molar-refractivity contribution < 1.29 is 8.42 Å². The summed E-state index contributed by atoms with van der Waals surface area (Å²) in [5.74, 6) is 0. The molecule has 3 N–H and O–H groups in total. The van der Waals surface area contributed by atoms with Crippen molar-refractivity contribution in [2.24, 2.45) is 0 Å². The molecule has 5 nitrogen and oxygen atoms in total. The molecule has 0 atom stereocenters. The molecule has 0 aliphatic rings. The number of hydrogen-bond acceptors (Lipinski definition) is 4. The van der Waals surface area contributed by atoms with Crippen LogP contribution in [0.4, 0.5) is 5.69 Å². The summed E-state index contributed by atoms with van der Waals surface area (Å²) < 4.78 is 25.1. The van der Waals surface area contributed by atoms with Crippen molar-refractivity contribution in [1.29, 1.82) is 0 Å². The highest BCUT2D eigenvalue weighted by atomic mass is 32.2. The minimum atomic E-state index is -3.33. The zero-order valence-electron chi connectivity index (χ0n) is 9.45. The van der Waals surface area contributed by atoms with E-state index >= 15 is 0 Å². The average Bonchev–Trinajstić information content (AvgIpc) is 2.30. The zero-order valence-corrected chi connectivity index (χ0v) is 10.3. The van der Waals surface area contributed by atoms with Gasteiger partial charge < -0.3 is 10.6 Å². The molecule has 0 amide bonds. The minimum absolute atomic E-state index is 0.272. The van der Waals surface area contributed by atoms with Gasteiger partial charge in [0, 0.05) is 18.8 Å². The van der Waals surface area contributed by atoms with Gasteiger partial charge in [-0.25, -0.2) is 13.1 Å². The molecule has 1 rings (SSSR count). The van der Waals surface area contributed by atoms with Crippen molar-refractivity contribution >= 4 is 15.7 Å². The van der Waals surface area contributed by atoms with Crippen LogP contribution < -0.4 is 15.4 Å². The van der Waals surface area contributed by atoms with Crippen molar-refractivity contribution in [1.82, 2.24) is 10.0 Å². The van der Waals surface area contributed by atoms with Crippen LogP contribution in [-0.4, -0.2) is 35.6 Å². The average molecular weight is 243 g/mol. The van der Waals surface area contributed by atoms with Gasteiger partial charge in [-0.05, 0) is 38.4 Å². The molecule has 90 valence electrons. The third-order valence-corrected chi connectivity index (χ3v) is 3.57. The van der Waals surface area contributed by atoms with Crippen LogP contribution >= 0.6 is 0 Å². The summed E-state index contributed by atoms with van der Waals surface area (Å²) in [6, 6.07) is 6.65. The Hall–Kier alpha value is -1.11. The third-order valence-electron chi connectivity index (χ3n) is 2.14. The highest BCUT2D eigenvalue weighted by Gasteiger charge is 2.09. The van der Waals surface area contributed by atoms with E-state index in [-0.39, 0.29) is 4.90 Å². The van der Waals surface area contributed by atoms with Crippen molar-refractivity contribution in [3.05, 3.63) is 24.3 Å². The molecular formula is C10H17N3O2S. The lowest BCUT2D eigenvalue weighted by atomic mass is 10.3. The molecule has 0 saturated carbocycles. The van der Waals surface area contributed by atoms with E-state index in [2.05, 4.69) is 15.4 Å². The van der Waals surface area contributed by atoms with Crippen LogP contribution in [-0.2, 0) is 10.0 Å². The maximum absolute atomic E-state index is 11.4. The molecular weight excluding hydrogens is 226 g/mol. The zero-order chi connectivity index (χ0) is 12.0. The first kappa shape index (κ1) is 13.0. The molecule has 0 bridgehead atoms. The van der Waals surface area contributed by atoms with Crippen molar-refractivity contribution in [2.45, 2.75) is 4.90 Å². The highest BCUT2D eigenvalue weighted by molar-refractivity contribution is 7.89. The van der Waals surface area contributed by atoms with Crippen molar-refractivity contribution in [3.63, 3.8) is 0 Å². The number of hydrogen-bond donors (Lipinski definition) is 3. The Morgan fingerprint density at radius 2 is 1.69 bits per heavy atom. The molecule has 0 aliphatic heterocycles. The topological polar surface area (TPSA) is 70.2 Å². The van der Waals surface area contributed by atoms with E-state index in [0.29, 0.717) is 0 Å². The second-order valence-electron chi connectivity index (χ2n) is 3.26. The quantitative estimate of drug-likeness (QED) is 0.625. The summed E-state index contributed by atoms with van der Waals surface area (Å²) in [5, 5.41) is 6.18. The second kappa shape index (κ2) is 5.83. The number of anilines is 1. The van der Waals surface area contributed by atoms with E-state index in [4.69, 9.17) is 0 Å². The molecule has 0 aromatic heterocycles. The van der Waals surface area contributed by atoms with Crippen molar-refractivity contribution in [3.8, 4) is 0 Å². The Morgan fingerprint density at radius 1 is 1.06 bits per heavy atom. The molecule has 0 heterocycles. The maximum Gasteiger partial charge on any atom is 0.240 e. The third kappa shape index (κ3) is 3.48. The van der Waals surface area contributed by atoms with Crippen LogP contribution in [0.1, 0.15) is 0 Å². The van der Waals surface area contributed by atoms with E-state index < -0.39 is 10.0 Å². The van der Waals surface area contributed by atoms with Gasteiger partial charge in [0.05, 0.1) is 4.90 Å². The lowest BCUT2D eigenvalue weighted by Crippen LogP contribution is -2.19. The molecule has 0 radical (unpaired) electrons. The minimum Gasteiger partial charge on any atom is -0.384 e. The fraction of sp³-hybridized carbons (Fsp3) is 0.400. The smallest absolute Gasteiger partial charge is 0.240 e. The molecule has 1 aromatic carbocycles. The molecule has 0 fully saturated rings. The van der Waals surface area contributed by atoms with Crippen LogP contribution in [0.3, 0.4) is 0 Å². The summed E-state index contributed by atoms with van der Waals surface area (Å²) in [4.78, 5) is 0.272. The van der Waals surface area contributed by atoms with Gasteiger partial charge in [-0.1, -0.05) is 0 Å². The number of benzene rings is 1. The van der Waals surface area contributed by atoms with E-state index in [1.165, 1.54) is 7.05 Å².